The number of hydrogen-bond donors (Lipinski definition) is 1. The van der Waals surface area contributed by atoms with E-state index in [4.69, 9.17) is 4.52 Å². The van der Waals surface area contributed by atoms with Gasteiger partial charge in [0, 0.05) is 29.4 Å². The van der Waals surface area contributed by atoms with Gasteiger partial charge in [0.05, 0.1) is 16.7 Å². The quantitative estimate of drug-likeness (QED) is 0.531. The third-order valence-electron chi connectivity index (χ3n) is 4.90. The Morgan fingerprint density at radius 3 is 2.39 bits per heavy atom. The topological polar surface area (TPSA) is 72.5 Å². The van der Waals surface area contributed by atoms with Gasteiger partial charge in [0.1, 0.15) is 11.6 Å². The Bertz CT molecular complexity index is 1190. The average Bonchev–Trinajstić information content (AvgIpc) is 3.22. The number of H-pyrrole nitrogens is 1. The van der Waals surface area contributed by atoms with Gasteiger partial charge >= 0.3 is 6.18 Å². The Morgan fingerprint density at radius 1 is 1.07 bits per heavy atom. The molecular weight excluding hydrogens is 371 g/mol. The first-order valence-electron chi connectivity index (χ1n) is 8.62. The molecule has 0 atom stereocenters. The molecule has 4 aromatic rings. The summed E-state index contributed by atoms with van der Waals surface area (Å²) in [5.74, 6) is 1.21. The van der Waals surface area contributed by atoms with Crippen LogP contribution in [0.3, 0.4) is 0 Å². The van der Waals surface area contributed by atoms with Crippen LogP contribution in [0, 0.1) is 27.7 Å². The molecule has 4 rings (SSSR count). The van der Waals surface area contributed by atoms with Crippen LogP contribution in [0.15, 0.2) is 16.7 Å². The predicted octanol–water partition coefficient (Wildman–Crippen LogP) is 4.87. The second-order valence-corrected chi connectivity index (χ2v) is 6.87. The lowest BCUT2D eigenvalue weighted by molar-refractivity contribution is -0.140. The second-order valence-electron chi connectivity index (χ2n) is 6.87. The SMILES string of the molecule is Cc1nc2c(-c3c(C(F)(F)F)nn(C)c3C)cc(-c3c(C)noc3C)cc2[nH]1. The second kappa shape index (κ2) is 5.95. The number of aryl methyl sites for hydroxylation is 4. The first-order valence-corrected chi connectivity index (χ1v) is 8.62. The van der Waals surface area contributed by atoms with Gasteiger partial charge in [0.15, 0.2) is 5.69 Å². The molecule has 0 aliphatic rings. The molecule has 1 aromatic carbocycles. The minimum absolute atomic E-state index is 0.0279. The van der Waals surface area contributed by atoms with Gasteiger partial charge in [0.25, 0.3) is 0 Å². The molecule has 0 bridgehead atoms. The van der Waals surface area contributed by atoms with E-state index in [0.29, 0.717) is 45.1 Å². The van der Waals surface area contributed by atoms with E-state index in [1.165, 1.54) is 11.7 Å². The summed E-state index contributed by atoms with van der Waals surface area (Å²) >= 11 is 0. The van der Waals surface area contributed by atoms with Crippen molar-refractivity contribution < 1.29 is 17.7 Å². The summed E-state index contributed by atoms with van der Waals surface area (Å²) in [4.78, 5) is 7.56. The number of aromatic amines is 1. The molecule has 0 aliphatic carbocycles. The molecule has 28 heavy (non-hydrogen) atoms. The zero-order chi connectivity index (χ0) is 20.4. The Morgan fingerprint density at radius 2 is 1.79 bits per heavy atom. The molecule has 9 heteroatoms. The van der Waals surface area contributed by atoms with Gasteiger partial charge < -0.3 is 9.51 Å². The van der Waals surface area contributed by atoms with Crippen LogP contribution in [-0.2, 0) is 13.2 Å². The molecule has 0 radical (unpaired) electrons. The molecule has 3 aromatic heterocycles. The molecule has 0 amide bonds. The van der Waals surface area contributed by atoms with Crippen LogP contribution in [0.25, 0.3) is 33.3 Å². The highest BCUT2D eigenvalue weighted by Gasteiger charge is 2.39. The first-order chi connectivity index (χ1) is 13.1. The standard InChI is InChI=1S/C19H18F3N5O/c1-8-15(10(3)28-26-8)12-6-13(17-14(7-12)23-11(4)24-17)16-9(2)27(5)25-18(16)19(20,21)22/h6-7H,1-5H3,(H,23,24). The average molecular weight is 389 g/mol. The molecule has 0 fully saturated rings. The molecule has 1 N–H and O–H groups in total. The highest BCUT2D eigenvalue weighted by atomic mass is 19.4. The van der Waals surface area contributed by atoms with Crippen LogP contribution in [0.1, 0.15) is 28.7 Å². The van der Waals surface area contributed by atoms with Crippen molar-refractivity contribution in [3.63, 3.8) is 0 Å². The van der Waals surface area contributed by atoms with E-state index in [-0.39, 0.29) is 5.56 Å². The maximum absolute atomic E-state index is 13.7. The van der Waals surface area contributed by atoms with Crippen LogP contribution >= 0.6 is 0 Å². The van der Waals surface area contributed by atoms with E-state index in [0.717, 1.165) is 5.56 Å². The number of nitrogens with zero attached hydrogens (tertiary/aromatic N) is 4. The zero-order valence-electron chi connectivity index (χ0n) is 16.0. The van der Waals surface area contributed by atoms with Crippen LogP contribution in [0.4, 0.5) is 13.2 Å². The minimum Gasteiger partial charge on any atom is -0.361 e. The number of rotatable bonds is 2. The van der Waals surface area contributed by atoms with Crippen LogP contribution in [0.2, 0.25) is 0 Å². The summed E-state index contributed by atoms with van der Waals surface area (Å²) in [6, 6.07) is 3.55. The van der Waals surface area contributed by atoms with Crippen LogP contribution in [0.5, 0.6) is 0 Å². The summed E-state index contributed by atoms with van der Waals surface area (Å²) in [6.07, 6.45) is -4.59. The Labute approximate surface area is 158 Å². The maximum atomic E-state index is 13.7. The summed E-state index contributed by atoms with van der Waals surface area (Å²) in [7, 11) is 1.50. The van der Waals surface area contributed by atoms with Crippen molar-refractivity contribution in [2.75, 3.05) is 0 Å². The lowest BCUT2D eigenvalue weighted by Gasteiger charge is -2.10. The number of imidazole rings is 1. The van der Waals surface area contributed by atoms with Gasteiger partial charge in [-0.3, -0.25) is 4.68 Å². The molecule has 0 aliphatic heterocycles. The van der Waals surface area contributed by atoms with E-state index in [1.54, 1.807) is 33.8 Å². The number of fused-ring (bicyclic) bond motifs is 1. The van der Waals surface area contributed by atoms with Crippen molar-refractivity contribution in [3.8, 4) is 22.3 Å². The fraction of sp³-hybridized carbons (Fsp3) is 0.316. The van der Waals surface area contributed by atoms with Gasteiger partial charge in [-0.05, 0) is 45.4 Å². The smallest absolute Gasteiger partial charge is 0.361 e. The first kappa shape index (κ1) is 18.3. The molecule has 146 valence electrons. The minimum atomic E-state index is -4.59. The lowest BCUT2D eigenvalue weighted by Crippen LogP contribution is -2.08. The number of nitrogens with one attached hydrogen (secondary N) is 1. The molecular formula is C19H18F3N5O. The highest BCUT2D eigenvalue weighted by Crippen LogP contribution is 2.42. The van der Waals surface area contributed by atoms with E-state index in [1.807, 2.05) is 6.07 Å². The number of alkyl halides is 3. The maximum Gasteiger partial charge on any atom is 0.435 e. The van der Waals surface area contributed by atoms with Gasteiger partial charge in [-0.15, -0.1) is 0 Å². The third kappa shape index (κ3) is 2.69. The summed E-state index contributed by atoms with van der Waals surface area (Å²) in [6.45, 7) is 6.95. The molecule has 0 spiro atoms. The van der Waals surface area contributed by atoms with Crippen molar-refractivity contribution in [1.82, 2.24) is 24.9 Å². The molecule has 3 heterocycles. The largest absolute Gasteiger partial charge is 0.435 e. The van der Waals surface area contributed by atoms with Gasteiger partial charge in [-0.1, -0.05) is 5.16 Å². The number of benzene rings is 1. The van der Waals surface area contributed by atoms with Gasteiger partial charge in [0.2, 0.25) is 0 Å². The van der Waals surface area contributed by atoms with Crippen molar-refractivity contribution in [2.24, 2.45) is 7.05 Å². The van der Waals surface area contributed by atoms with Crippen molar-refractivity contribution in [3.05, 3.63) is 40.8 Å². The molecule has 6 nitrogen and oxygen atoms in total. The van der Waals surface area contributed by atoms with Crippen molar-refractivity contribution >= 4 is 11.0 Å². The molecule has 0 unspecified atom stereocenters. The van der Waals surface area contributed by atoms with E-state index >= 15 is 0 Å². The van der Waals surface area contributed by atoms with E-state index in [9.17, 15) is 13.2 Å². The monoisotopic (exact) mass is 389 g/mol. The van der Waals surface area contributed by atoms with Crippen LogP contribution < -0.4 is 0 Å². The zero-order valence-corrected chi connectivity index (χ0v) is 16.0. The van der Waals surface area contributed by atoms with Crippen molar-refractivity contribution in [2.45, 2.75) is 33.9 Å². The highest BCUT2D eigenvalue weighted by molar-refractivity contribution is 5.97. The fourth-order valence-corrected chi connectivity index (χ4v) is 3.60. The Kier molecular flexibility index (Phi) is 3.88. The number of halogens is 3. The predicted molar refractivity (Wildman–Crippen MR) is 97.7 cm³/mol. The normalized spacial score (nSPS) is 12.3. The summed E-state index contributed by atoms with van der Waals surface area (Å²) in [5.41, 5.74) is 3.11. The van der Waals surface area contributed by atoms with Gasteiger partial charge in [-0.2, -0.15) is 18.3 Å². The Balaban J connectivity index is 2.11. The molecule has 0 saturated carbocycles. The summed E-state index contributed by atoms with van der Waals surface area (Å²) < 4.78 is 47.6. The lowest BCUT2D eigenvalue weighted by atomic mass is 9.95. The third-order valence-corrected chi connectivity index (χ3v) is 4.90. The molecule has 0 saturated heterocycles. The Hall–Kier alpha value is -3.10. The fourth-order valence-electron chi connectivity index (χ4n) is 3.60. The number of aromatic nitrogens is 5. The number of hydrogen-bond acceptors (Lipinski definition) is 4. The van der Waals surface area contributed by atoms with Gasteiger partial charge in [-0.25, -0.2) is 4.98 Å². The van der Waals surface area contributed by atoms with E-state index in [2.05, 4.69) is 20.2 Å². The van der Waals surface area contributed by atoms with E-state index < -0.39 is 11.9 Å². The van der Waals surface area contributed by atoms with Crippen LogP contribution in [-0.4, -0.2) is 24.9 Å². The summed E-state index contributed by atoms with van der Waals surface area (Å²) in [5, 5.41) is 7.68. The van der Waals surface area contributed by atoms with Crippen molar-refractivity contribution in [1.29, 1.82) is 0 Å².